The van der Waals surface area contributed by atoms with Crippen LogP contribution in [0.5, 0.6) is 0 Å². The van der Waals surface area contributed by atoms with Gasteiger partial charge in [-0.3, -0.25) is 4.98 Å². The zero-order valence-corrected chi connectivity index (χ0v) is 9.38. The molecule has 0 unspecified atom stereocenters. The normalized spacial score (nSPS) is 15.5. The minimum absolute atomic E-state index is 0.494. The lowest BCUT2D eigenvalue weighted by atomic mass is 10.1. The minimum atomic E-state index is -0.634. The molecule has 0 radical (unpaired) electrons. The Hall–Kier alpha value is -0.160. The first-order valence-corrected chi connectivity index (χ1v) is 4.94. The van der Waals surface area contributed by atoms with E-state index >= 15 is 0 Å². The first kappa shape index (κ1) is 10.9. The molecule has 0 bridgehead atoms. The number of nitrogens with two attached hydrogens (primary N) is 1. The quantitative estimate of drug-likeness (QED) is 0.858. The molecule has 13 heavy (non-hydrogen) atoms. The number of rotatable bonds is 2. The van der Waals surface area contributed by atoms with Gasteiger partial charge in [0.05, 0.1) is 22.9 Å². The van der Waals surface area contributed by atoms with E-state index in [9.17, 15) is 5.11 Å². The van der Waals surface area contributed by atoms with Crippen molar-refractivity contribution in [2.45, 2.75) is 19.1 Å². The van der Waals surface area contributed by atoms with E-state index in [1.54, 1.807) is 13.0 Å². The molecule has 0 aliphatic rings. The molecule has 0 fully saturated rings. The predicted octanol–water partition coefficient (Wildman–Crippen LogP) is 1.88. The fourth-order valence-corrected chi connectivity index (χ4v) is 1.80. The second kappa shape index (κ2) is 4.37. The first-order valence-electron chi connectivity index (χ1n) is 3.77. The van der Waals surface area contributed by atoms with Crippen molar-refractivity contribution >= 4 is 27.5 Å². The second-order valence-electron chi connectivity index (χ2n) is 2.79. The highest BCUT2D eigenvalue weighted by atomic mass is 79.9. The molecule has 0 saturated carbocycles. The molecule has 0 aliphatic carbocycles. The van der Waals surface area contributed by atoms with Gasteiger partial charge >= 0.3 is 0 Å². The van der Waals surface area contributed by atoms with Crippen molar-refractivity contribution in [2.75, 3.05) is 0 Å². The van der Waals surface area contributed by atoms with Gasteiger partial charge in [-0.05, 0) is 28.9 Å². The van der Waals surface area contributed by atoms with Crippen LogP contribution in [0.2, 0.25) is 5.02 Å². The lowest BCUT2D eigenvalue weighted by Crippen LogP contribution is -2.24. The van der Waals surface area contributed by atoms with E-state index in [0.717, 1.165) is 0 Å². The second-order valence-corrected chi connectivity index (χ2v) is 4.08. The Morgan fingerprint density at radius 2 is 2.31 bits per heavy atom. The van der Waals surface area contributed by atoms with Crippen molar-refractivity contribution in [3.05, 3.63) is 27.5 Å². The van der Waals surface area contributed by atoms with Gasteiger partial charge in [0, 0.05) is 10.7 Å². The number of pyridine rings is 1. The molecular weight excluding hydrogens is 255 g/mol. The smallest absolute Gasteiger partial charge is 0.0742 e. The summed E-state index contributed by atoms with van der Waals surface area (Å²) in [4.78, 5) is 4.04. The van der Waals surface area contributed by atoms with E-state index in [1.807, 2.05) is 0 Å². The molecule has 1 aromatic heterocycles. The van der Waals surface area contributed by atoms with Crippen LogP contribution in [-0.2, 0) is 0 Å². The average Bonchev–Trinajstić information content (AvgIpc) is 2.03. The lowest BCUT2D eigenvalue weighted by molar-refractivity contribution is 0.162. The minimum Gasteiger partial charge on any atom is -0.391 e. The van der Waals surface area contributed by atoms with Gasteiger partial charge in [-0.15, -0.1) is 0 Å². The summed E-state index contributed by atoms with van der Waals surface area (Å²) in [6.07, 6.45) is 0.870. The van der Waals surface area contributed by atoms with Crippen LogP contribution in [-0.4, -0.2) is 16.2 Å². The molecule has 3 N–H and O–H groups in total. The number of aliphatic hydroxyl groups excluding tert-OH is 1. The van der Waals surface area contributed by atoms with Gasteiger partial charge in [0.15, 0.2) is 0 Å². The molecule has 1 heterocycles. The molecule has 1 rings (SSSR count). The summed E-state index contributed by atoms with van der Waals surface area (Å²) in [6, 6.07) is 1.21. The predicted molar refractivity (Wildman–Crippen MR) is 55.6 cm³/mol. The van der Waals surface area contributed by atoms with Gasteiger partial charge in [-0.25, -0.2) is 0 Å². The van der Waals surface area contributed by atoms with Crippen molar-refractivity contribution in [3.63, 3.8) is 0 Å². The SMILES string of the molecule is C[C@@H](O)[C@H](N)c1ncc(Cl)cc1Br. The Morgan fingerprint density at radius 3 is 2.77 bits per heavy atom. The Bertz CT molecular complexity index is 306. The van der Waals surface area contributed by atoms with Crippen LogP contribution < -0.4 is 5.73 Å². The Morgan fingerprint density at radius 1 is 1.69 bits per heavy atom. The van der Waals surface area contributed by atoms with Crippen LogP contribution in [0.25, 0.3) is 0 Å². The molecule has 0 aliphatic heterocycles. The molecule has 0 saturated heterocycles. The molecule has 3 nitrogen and oxygen atoms in total. The Balaban J connectivity index is 3.01. The molecular formula is C8H10BrClN2O. The van der Waals surface area contributed by atoms with E-state index in [2.05, 4.69) is 20.9 Å². The third-order valence-corrected chi connectivity index (χ3v) is 2.51. The summed E-state index contributed by atoms with van der Waals surface area (Å²) < 4.78 is 0.716. The summed E-state index contributed by atoms with van der Waals surface area (Å²) in [5, 5.41) is 9.78. The maximum absolute atomic E-state index is 9.25. The molecule has 5 heteroatoms. The Kier molecular flexibility index (Phi) is 3.67. The number of hydrogen-bond acceptors (Lipinski definition) is 3. The van der Waals surface area contributed by atoms with Crippen LogP contribution in [0.1, 0.15) is 18.7 Å². The first-order chi connectivity index (χ1) is 6.02. The standard InChI is InChI=1S/C8H10BrClN2O/c1-4(13)7(11)8-6(9)2-5(10)3-12-8/h2-4,7,13H,11H2,1H3/t4-,7+/m1/s1. The molecule has 1 aromatic rings. The maximum Gasteiger partial charge on any atom is 0.0742 e. The summed E-state index contributed by atoms with van der Waals surface area (Å²) >= 11 is 8.98. The zero-order valence-electron chi connectivity index (χ0n) is 7.04. The topological polar surface area (TPSA) is 59.1 Å². The van der Waals surface area contributed by atoms with E-state index < -0.39 is 12.1 Å². The number of halogens is 2. The monoisotopic (exact) mass is 264 g/mol. The summed E-state index contributed by atoms with van der Waals surface area (Å²) in [5.74, 6) is 0. The molecule has 2 atom stereocenters. The van der Waals surface area contributed by atoms with E-state index in [-0.39, 0.29) is 0 Å². The fourth-order valence-electron chi connectivity index (χ4n) is 0.899. The largest absolute Gasteiger partial charge is 0.391 e. The van der Waals surface area contributed by atoms with Crippen molar-refractivity contribution in [1.82, 2.24) is 4.98 Å². The number of hydrogen-bond donors (Lipinski definition) is 2. The van der Waals surface area contributed by atoms with Crippen LogP contribution in [0.3, 0.4) is 0 Å². The molecule has 72 valence electrons. The maximum atomic E-state index is 9.25. The van der Waals surface area contributed by atoms with Gasteiger partial charge in [0.1, 0.15) is 0 Å². The number of aromatic nitrogens is 1. The highest BCUT2D eigenvalue weighted by Crippen LogP contribution is 2.24. The van der Waals surface area contributed by atoms with Crippen molar-refractivity contribution in [3.8, 4) is 0 Å². The van der Waals surface area contributed by atoms with Gasteiger partial charge in [0.25, 0.3) is 0 Å². The summed E-state index contributed by atoms with van der Waals surface area (Å²) in [6.45, 7) is 1.62. The van der Waals surface area contributed by atoms with Gasteiger partial charge in [0.2, 0.25) is 0 Å². The van der Waals surface area contributed by atoms with Gasteiger partial charge in [-0.2, -0.15) is 0 Å². The van der Waals surface area contributed by atoms with E-state index in [1.165, 1.54) is 6.20 Å². The highest BCUT2D eigenvalue weighted by Gasteiger charge is 2.16. The highest BCUT2D eigenvalue weighted by molar-refractivity contribution is 9.10. The van der Waals surface area contributed by atoms with Crippen molar-refractivity contribution in [1.29, 1.82) is 0 Å². The molecule has 0 aromatic carbocycles. The zero-order chi connectivity index (χ0) is 10.0. The molecule has 0 spiro atoms. The van der Waals surface area contributed by atoms with Gasteiger partial charge in [-0.1, -0.05) is 11.6 Å². The third-order valence-electron chi connectivity index (χ3n) is 1.67. The number of nitrogens with zero attached hydrogens (tertiary/aromatic N) is 1. The average molecular weight is 266 g/mol. The third kappa shape index (κ3) is 2.64. The van der Waals surface area contributed by atoms with E-state index in [4.69, 9.17) is 17.3 Å². The fraction of sp³-hybridized carbons (Fsp3) is 0.375. The van der Waals surface area contributed by atoms with Crippen LogP contribution >= 0.6 is 27.5 Å². The lowest BCUT2D eigenvalue weighted by Gasteiger charge is -2.15. The van der Waals surface area contributed by atoms with Gasteiger partial charge < -0.3 is 10.8 Å². The van der Waals surface area contributed by atoms with Crippen molar-refractivity contribution in [2.24, 2.45) is 5.73 Å². The number of aliphatic hydroxyl groups is 1. The van der Waals surface area contributed by atoms with Crippen molar-refractivity contribution < 1.29 is 5.11 Å². The molecule has 0 amide bonds. The Labute approximate surface area is 90.1 Å². The summed E-state index contributed by atoms with van der Waals surface area (Å²) in [5.41, 5.74) is 6.31. The van der Waals surface area contributed by atoms with E-state index in [0.29, 0.717) is 15.2 Å². The van der Waals surface area contributed by atoms with Crippen LogP contribution in [0, 0.1) is 0 Å². The van der Waals surface area contributed by atoms with Crippen LogP contribution in [0.4, 0.5) is 0 Å². The summed E-state index contributed by atoms with van der Waals surface area (Å²) in [7, 11) is 0. The van der Waals surface area contributed by atoms with Crippen LogP contribution in [0.15, 0.2) is 16.7 Å².